The number of carbonyl (C=O) groups excluding carboxylic acids is 1. The number of aliphatic hydroxyl groups excluding tert-OH is 1. The number of piperidine rings is 1. The van der Waals surface area contributed by atoms with Gasteiger partial charge >= 0.3 is 0 Å². The molecule has 0 aromatic rings. The van der Waals surface area contributed by atoms with E-state index < -0.39 is 5.41 Å². The van der Waals surface area contributed by atoms with E-state index in [2.05, 4.69) is 4.90 Å². The first kappa shape index (κ1) is 12.4. The van der Waals surface area contributed by atoms with E-state index in [9.17, 15) is 9.90 Å². The van der Waals surface area contributed by atoms with Gasteiger partial charge in [-0.1, -0.05) is 12.8 Å². The van der Waals surface area contributed by atoms with E-state index in [4.69, 9.17) is 0 Å². The number of piperazine rings is 1. The molecular formula is C14H24N2O2. The molecule has 4 heteroatoms. The lowest BCUT2D eigenvalue weighted by Gasteiger charge is -2.48. The highest BCUT2D eigenvalue weighted by Gasteiger charge is 2.47. The predicted octanol–water partition coefficient (Wildman–Crippen LogP) is 0.846. The summed E-state index contributed by atoms with van der Waals surface area (Å²) < 4.78 is 0. The highest BCUT2D eigenvalue weighted by molar-refractivity contribution is 5.84. The van der Waals surface area contributed by atoms with Crippen molar-refractivity contribution in [3.63, 3.8) is 0 Å². The van der Waals surface area contributed by atoms with E-state index >= 15 is 0 Å². The van der Waals surface area contributed by atoms with E-state index in [1.165, 1.54) is 25.8 Å². The van der Waals surface area contributed by atoms with Gasteiger partial charge in [0.05, 0.1) is 12.0 Å². The molecule has 1 amide bonds. The summed E-state index contributed by atoms with van der Waals surface area (Å²) >= 11 is 0. The molecule has 3 fully saturated rings. The molecule has 0 bridgehead atoms. The van der Waals surface area contributed by atoms with Crippen LogP contribution in [0.15, 0.2) is 0 Å². The molecule has 1 atom stereocenters. The number of hydrogen-bond donors (Lipinski definition) is 1. The summed E-state index contributed by atoms with van der Waals surface area (Å²) in [6.07, 6.45) is 6.70. The van der Waals surface area contributed by atoms with Crippen molar-refractivity contribution in [1.29, 1.82) is 0 Å². The zero-order valence-electron chi connectivity index (χ0n) is 11.1. The average Bonchev–Trinajstić information content (AvgIpc) is 2.37. The third-order valence-electron chi connectivity index (χ3n) is 5.19. The minimum Gasteiger partial charge on any atom is -0.395 e. The number of fused-ring (bicyclic) bond motifs is 1. The standard InChI is InChI=1S/C14H24N2O2/c17-11-14(5-3-6-14)13(18)16-9-8-15-7-2-1-4-12(15)10-16/h12,17H,1-11H2. The maximum Gasteiger partial charge on any atom is 0.231 e. The molecule has 102 valence electrons. The van der Waals surface area contributed by atoms with Gasteiger partial charge in [-0.05, 0) is 32.2 Å². The Balaban J connectivity index is 1.65. The molecular weight excluding hydrogens is 228 g/mol. The maximum absolute atomic E-state index is 12.6. The van der Waals surface area contributed by atoms with Crippen molar-refractivity contribution in [1.82, 2.24) is 9.80 Å². The Kier molecular flexibility index (Phi) is 3.32. The van der Waals surface area contributed by atoms with Gasteiger partial charge in [-0.25, -0.2) is 0 Å². The smallest absolute Gasteiger partial charge is 0.231 e. The molecule has 1 aliphatic carbocycles. The van der Waals surface area contributed by atoms with Gasteiger partial charge in [-0.3, -0.25) is 9.69 Å². The van der Waals surface area contributed by atoms with Crippen molar-refractivity contribution < 1.29 is 9.90 Å². The Morgan fingerprint density at radius 1 is 1.17 bits per heavy atom. The Morgan fingerprint density at radius 3 is 2.67 bits per heavy atom. The largest absolute Gasteiger partial charge is 0.395 e. The van der Waals surface area contributed by atoms with Crippen LogP contribution >= 0.6 is 0 Å². The normalized spacial score (nSPS) is 31.6. The summed E-state index contributed by atoms with van der Waals surface area (Å²) in [5.41, 5.74) is -0.406. The lowest BCUT2D eigenvalue weighted by Crippen LogP contribution is -2.60. The van der Waals surface area contributed by atoms with E-state index in [1.807, 2.05) is 4.90 Å². The van der Waals surface area contributed by atoms with Crippen LogP contribution in [0.4, 0.5) is 0 Å². The number of amides is 1. The molecule has 3 aliphatic rings. The first-order valence-corrected chi connectivity index (χ1v) is 7.39. The molecule has 1 N–H and O–H groups in total. The molecule has 18 heavy (non-hydrogen) atoms. The Morgan fingerprint density at radius 2 is 2.00 bits per heavy atom. The zero-order chi connectivity index (χ0) is 12.6. The Labute approximate surface area is 109 Å². The molecule has 4 nitrogen and oxygen atoms in total. The predicted molar refractivity (Wildman–Crippen MR) is 69.2 cm³/mol. The summed E-state index contributed by atoms with van der Waals surface area (Å²) in [5.74, 6) is 0.224. The summed E-state index contributed by atoms with van der Waals surface area (Å²) in [4.78, 5) is 17.1. The van der Waals surface area contributed by atoms with E-state index in [0.717, 1.165) is 38.9 Å². The lowest BCUT2D eigenvalue weighted by molar-refractivity contribution is -0.154. The van der Waals surface area contributed by atoms with E-state index in [0.29, 0.717) is 6.04 Å². The van der Waals surface area contributed by atoms with Gasteiger partial charge in [0.2, 0.25) is 5.91 Å². The minimum absolute atomic E-state index is 0.0384. The molecule has 2 aliphatic heterocycles. The zero-order valence-corrected chi connectivity index (χ0v) is 11.1. The van der Waals surface area contributed by atoms with Gasteiger partial charge in [-0.2, -0.15) is 0 Å². The number of rotatable bonds is 2. The number of aliphatic hydroxyl groups is 1. The molecule has 3 rings (SSSR count). The fraction of sp³-hybridized carbons (Fsp3) is 0.929. The monoisotopic (exact) mass is 252 g/mol. The van der Waals surface area contributed by atoms with Crippen LogP contribution in [-0.2, 0) is 4.79 Å². The van der Waals surface area contributed by atoms with Gasteiger partial charge in [-0.15, -0.1) is 0 Å². The van der Waals surface area contributed by atoms with Crippen LogP contribution in [0.25, 0.3) is 0 Å². The molecule has 0 radical (unpaired) electrons. The molecule has 0 spiro atoms. The SMILES string of the molecule is O=C(N1CCN2CCCCC2C1)C1(CO)CCC1. The highest BCUT2D eigenvalue weighted by Crippen LogP contribution is 2.42. The van der Waals surface area contributed by atoms with Gasteiger partial charge in [0.1, 0.15) is 0 Å². The molecule has 2 heterocycles. The average molecular weight is 252 g/mol. The van der Waals surface area contributed by atoms with E-state index in [-0.39, 0.29) is 12.5 Å². The van der Waals surface area contributed by atoms with Crippen LogP contribution in [0.2, 0.25) is 0 Å². The number of carbonyl (C=O) groups is 1. The van der Waals surface area contributed by atoms with Gasteiger partial charge in [0.15, 0.2) is 0 Å². The first-order chi connectivity index (χ1) is 8.75. The fourth-order valence-electron chi connectivity index (χ4n) is 3.72. The number of hydrogen-bond acceptors (Lipinski definition) is 3. The Hall–Kier alpha value is -0.610. The lowest BCUT2D eigenvalue weighted by atomic mass is 9.68. The van der Waals surface area contributed by atoms with Crippen LogP contribution in [-0.4, -0.2) is 59.6 Å². The molecule has 0 aromatic carbocycles. The highest BCUT2D eigenvalue weighted by atomic mass is 16.3. The molecule has 2 saturated heterocycles. The molecule has 1 unspecified atom stereocenters. The molecule has 1 saturated carbocycles. The van der Waals surface area contributed by atoms with Crippen LogP contribution in [0, 0.1) is 5.41 Å². The summed E-state index contributed by atoms with van der Waals surface area (Å²) in [5, 5.41) is 9.51. The second-order valence-electron chi connectivity index (χ2n) is 6.23. The third-order valence-corrected chi connectivity index (χ3v) is 5.19. The fourth-order valence-corrected chi connectivity index (χ4v) is 3.72. The van der Waals surface area contributed by atoms with Gasteiger partial charge in [0, 0.05) is 25.7 Å². The van der Waals surface area contributed by atoms with Gasteiger partial charge < -0.3 is 10.0 Å². The number of nitrogens with zero attached hydrogens (tertiary/aromatic N) is 2. The molecule has 0 aromatic heterocycles. The van der Waals surface area contributed by atoms with Gasteiger partial charge in [0.25, 0.3) is 0 Å². The first-order valence-electron chi connectivity index (χ1n) is 7.39. The van der Waals surface area contributed by atoms with Crippen molar-refractivity contribution in [2.45, 2.75) is 44.6 Å². The second kappa shape index (κ2) is 4.82. The van der Waals surface area contributed by atoms with Crippen molar-refractivity contribution in [2.75, 3.05) is 32.8 Å². The van der Waals surface area contributed by atoms with E-state index in [1.54, 1.807) is 0 Å². The summed E-state index contributed by atoms with van der Waals surface area (Å²) in [6, 6.07) is 0.576. The van der Waals surface area contributed by atoms with Crippen molar-refractivity contribution in [3.8, 4) is 0 Å². The third kappa shape index (κ3) is 1.95. The topological polar surface area (TPSA) is 43.8 Å². The van der Waals surface area contributed by atoms with Crippen LogP contribution in [0.1, 0.15) is 38.5 Å². The summed E-state index contributed by atoms with van der Waals surface area (Å²) in [6.45, 7) is 4.02. The van der Waals surface area contributed by atoms with Crippen molar-refractivity contribution in [2.24, 2.45) is 5.41 Å². The van der Waals surface area contributed by atoms with Crippen LogP contribution in [0.3, 0.4) is 0 Å². The van der Waals surface area contributed by atoms with Crippen LogP contribution in [0.5, 0.6) is 0 Å². The second-order valence-corrected chi connectivity index (χ2v) is 6.23. The Bertz CT molecular complexity index is 322. The van der Waals surface area contributed by atoms with Crippen molar-refractivity contribution >= 4 is 5.91 Å². The quantitative estimate of drug-likeness (QED) is 0.792. The van der Waals surface area contributed by atoms with Crippen molar-refractivity contribution in [3.05, 3.63) is 0 Å². The maximum atomic E-state index is 12.6. The van der Waals surface area contributed by atoms with Crippen LogP contribution < -0.4 is 0 Å². The minimum atomic E-state index is -0.406. The summed E-state index contributed by atoms with van der Waals surface area (Å²) in [7, 11) is 0.